The molecular formula is C27H35FN4O4. The highest BCUT2D eigenvalue weighted by molar-refractivity contribution is 6.13. The van der Waals surface area contributed by atoms with Gasteiger partial charge in [-0.15, -0.1) is 0 Å². The number of guanidine groups is 1. The maximum Gasteiger partial charge on any atom is 0.414 e. The van der Waals surface area contributed by atoms with Crippen LogP contribution in [0.4, 0.5) is 9.18 Å². The normalized spacial score (nSPS) is 31.2. The van der Waals surface area contributed by atoms with Gasteiger partial charge in [0.1, 0.15) is 11.3 Å². The molecule has 36 heavy (non-hydrogen) atoms. The van der Waals surface area contributed by atoms with E-state index in [1.54, 1.807) is 32.9 Å². The van der Waals surface area contributed by atoms with Crippen molar-refractivity contribution in [1.29, 1.82) is 5.26 Å². The van der Waals surface area contributed by atoms with Crippen LogP contribution in [0.1, 0.15) is 78.0 Å². The molecule has 5 atom stereocenters. The molecule has 4 rings (SSSR count). The van der Waals surface area contributed by atoms with Gasteiger partial charge >= 0.3 is 6.09 Å². The van der Waals surface area contributed by atoms with Crippen LogP contribution >= 0.6 is 0 Å². The SMILES string of the molecule is CC[C@@H]1C[C@@]2(c3ccc(C#N)cc3C23N=C(NC(=O)OC(C)(C)C)N(CC(C)(C)F)C3=O)[C@H](C)[C@H]1O. The molecule has 194 valence electrons. The average molecular weight is 499 g/mol. The first-order valence-corrected chi connectivity index (χ1v) is 12.4. The topological polar surface area (TPSA) is 115 Å². The number of hydrogen-bond acceptors (Lipinski definition) is 6. The van der Waals surface area contributed by atoms with Gasteiger partial charge < -0.3 is 9.84 Å². The van der Waals surface area contributed by atoms with E-state index in [0.717, 1.165) is 12.0 Å². The van der Waals surface area contributed by atoms with E-state index in [1.807, 2.05) is 19.9 Å². The Hall–Kier alpha value is -2.99. The van der Waals surface area contributed by atoms with Crippen molar-refractivity contribution in [2.24, 2.45) is 16.8 Å². The van der Waals surface area contributed by atoms with Gasteiger partial charge in [-0.2, -0.15) is 5.26 Å². The van der Waals surface area contributed by atoms with Crippen molar-refractivity contribution in [2.45, 2.75) is 89.6 Å². The van der Waals surface area contributed by atoms with Crippen LogP contribution in [0.3, 0.4) is 0 Å². The lowest BCUT2D eigenvalue weighted by Gasteiger charge is -2.56. The molecule has 3 aliphatic rings. The molecule has 0 aromatic heterocycles. The number of carbonyl (C=O) groups excluding carboxylic acids is 2. The Morgan fingerprint density at radius 1 is 1.33 bits per heavy atom. The minimum absolute atomic E-state index is 0.0578. The summed E-state index contributed by atoms with van der Waals surface area (Å²) in [6.45, 7) is 11.4. The summed E-state index contributed by atoms with van der Waals surface area (Å²) in [5.74, 6) is -0.957. The Kier molecular flexibility index (Phi) is 5.99. The summed E-state index contributed by atoms with van der Waals surface area (Å²) < 4.78 is 20.3. The molecule has 1 heterocycles. The summed E-state index contributed by atoms with van der Waals surface area (Å²) in [4.78, 5) is 33.0. The molecule has 1 unspecified atom stereocenters. The summed E-state index contributed by atoms with van der Waals surface area (Å²) in [6.07, 6.45) is -0.241. The van der Waals surface area contributed by atoms with Crippen molar-refractivity contribution in [3.63, 3.8) is 0 Å². The fourth-order valence-corrected chi connectivity index (χ4v) is 6.35. The number of aliphatic hydroxyl groups excluding tert-OH is 1. The van der Waals surface area contributed by atoms with Crippen LogP contribution in [0.2, 0.25) is 0 Å². The van der Waals surface area contributed by atoms with Crippen molar-refractivity contribution in [2.75, 3.05) is 6.54 Å². The molecule has 2 amide bonds. The second kappa shape index (κ2) is 8.27. The van der Waals surface area contributed by atoms with Crippen molar-refractivity contribution in [1.82, 2.24) is 10.2 Å². The first kappa shape index (κ1) is 26.1. The summed E-state index contributed by atoms with van der Waals surface area (Å²) >= 11 is 0. The Morgan fingerprint density at radius 2 is 2.00 bits per heavy atom. The van der Waals surface area contributed by atoms with Crippen LogP contribution in [0, 0.1) is 23.2 Å². The minimum Gasteiger partial charge on any atom is -0.444 e. The number of alkyl halides is 1. The molecular weight excluding hydrogens is 463 g/mol. The molecule has 1 saturated carbocycles. The molecule has 9 heteroatoms. The van der Waals surface area contributed by atoms with Gasteiger partial charge in [0.25, 0.3) is 5.91 Å². The van der Waals surface area contributed by atoms with Crippen LogP contribution in [-0.2, 0) is 20.5 Å². The molecule has 1 fully saturated rings. The van der Waals surface area contributed by atoms with Crippen molar-refractivity contribution >= 4 is 18.0 Å². The van der Waals surface area contributed by atoms with Crippen LogP contribution in [0.25, 0.3) is 0 Å². The fourth-order valence-electron chi connectivity index (χ4n) is 6.35. The van der Waals surface area contributed by atoms with Gasteiger partial charge in [0.2, 0.25) is 5.96 Å². The molecule has 2 N–H and O–H groups in total. The molecule has 1 aromatic carbocycles. The zero-order chi connectivity index (χ0) is 26.8. The summed E-state index contributed by atoms with van der Waals surface area (Å²) in [5.41, 5.74) is -3.13. The van der Waals surface area contributed by atoms with E-state index in [1.165, 1.54) is 18.7 Å². The quantitative estimate of drug-likeness (QED) is 0.656. The number of nitriles is 1. The Bertz CT molecular complexity index is 1180. The van der Waals surface area contributed by atoms with Gasteiger partial charge in [-0.3, -0.25) is 15.0 Å². The van der Waals surface area contributed by atoms with E-state index in [4.69, 9.17) is 9.73 Å². The van der Waals surface area contributed by atoms with Crippen molar-refractivity contribution < 1.29 is 23.8 Å². The van der Waals surface area contributed by atoms with Gasteiger partial charge in [0.15, 0.2) is 5.54 Å². The molecule has 2 aliphatic carbocycles. The van der Waals surface area contributed by atoms with Crippen LogP contribution in [0.15, 0.2) is 23.2 Å². The molecule has 2 spiro atoms. The predicted molar refractivity (Wildman–Crippen MR) is 132 cm³/mol. The standard InChI is InChI=1S/C27H35FN4O4/c1-8-17-12-26(15(2)20(17)33)18-10-9-16(13-29)11-19(18)27(26)21(34)32(14-25(6,7)28)22(31-27)30-23(35)36-24(3,4)5/h9-11,15,17,20,33H,8,12,14H2,1-7H3,(H,30,31,35)/t15-,17-,20-,26+,27?/m1/s1. The lowest BCUT2D eigenvalue weighted by Crippen LogP contribution is -2.65. The van der Waals surface area contributed by atoms with Gasteiger partial charge in [0.05, 0.1) is 24.3 Å². The first-order valence-electron chi connectivity index (χ1n) is 12.4. The highest BCUT2D eigenvalue weighted by Crippen LogP contribution is 2.69. The number of amides is 2. The highest BCUT2D eigenvalue weighted by Gasteiger charge is 2.76. The number of benzene rings is 1. The summed E-state index contributed by atoms with van der Waals surface area (Å²) in [6, 6.07) is 7.31. The smallest absolute Gasteiger partial charge is 0.414 e. The van der Waals surface area contributed by atoms with E-state index in [2.05, 4.69) is 11.4 Å². The highest BCUT2D eigenvalue weighted by atomic mass is 19.1. The van der Waals surface area contributed by atoms with E-state index in [-0.39, 0.29) is 24.3 Å². The average Bonchev–Trinajstić information content (AvgIpc) is 3.19. The number of aliphatic hydroxyl groups is 1. The maximum absolute atomic E-state index is 14.9. The Morgan fingerprint density at radius 3 is 2.53 bits per heavy atom. The van der Waals surface area contributed by atoms with Gasteiger partial charge in [0, 0.05) is 5.41 Å². The number of aliphatic imine (C=N–C) groups is 1. The minimum atomic E-state index is -1.78. The first-order chi connectivity index (χ1) is 16.6. The van der Waals surface area contributed by atoms with Crippen LogP contribution in [0.5, 0.6) is 0 Å². The molecule has 0 saturated heterocycles. The number of carbonyl (C=O) groups is 2. The van der Waals surface area contributed by atoms with E-state index in [9.17, 15) is 24.3 Å². The number of alkyl carbamates (subject to hydrolysis) is 1. The number of halogens is 1. The third-order valence-electron chi connectivity index (χ3n) is 7.78. The summed E-state index contributed by atoms with van der Waals surface area (Å²) in [5, 5.41) is 23.3. The lowest BCUT2D eigenvalue weighted by atomic mass is 9.47. The number of fused-ring (bicyclic) bond motifs is 4. The fraction of sp³-hybridized carbons (Fsp3) is 0.630. The Labute approximate surface area is 211 Å². The van der Waals surface area contributed by atoms with Gasteiger partial charge in [-0.25, -0.2) is 14.2 Å². The van der Waals surface area contributed by atoms with Gasteiger partial charge in [-0.05, 0) is 76.1 Å². The van der Waals surface area contributed by atoms with Crippen molar-refractivity contribution in [3.8, 4) is 6.07 Å². The van der Waals surface area contributed by atoms with Crippen LogP contribution in [-0.4, -0.2) is 51.9 Å². The van der Waals surface area contributed by atoms with E-state index < -0.39 is 40.3 Å². The molecule has 8 nitrogen and oxygen atoms in total. The zero-order valence-corrected chi connectivity index (χ0v) is 22.0. The Balaban J connectivity index is 1.91. The largest absolute Gasteiger partial charge is 0.444 e. The number of hydrogen-bond donors (Lipinski definition) is 2. The maximum atomic E-state index is 14.9. The molecule has 0 bridgehead atoms. The molecule has 1 aliphatic heterocycles. The number of ether oxygens (including phenoxy) is 1. The number of nitrogens with one attached hydrogen (secondary N) is 1. The third kappa shape index (κ3) is 3.69. The number of nitrogens with zero attached hydrogens (tertiary/aromatic N) is 3. The third-order valence-corrected chi connectivity index (χ3v) is 7.78. The molecule has 1 aromatic rings. The monoisotopic (exact) mass is 498 g/mol. The predicted octanol–water partition coefficient (Wildman–Crippen LogP) is 3.90. The van der Waals surface area contributed by atoms with Crippen molar-refractivity contribution in [3.05, 3.63) is 34.9 Å². The van der Waals surface area contributed by atoms with Crippen LogP contribution < -0.4 is 5.32 Å². The zero-order valence-electron chi connectivity index (χ0n) is 22.0. The molecule has 0 radical (unpaired) electrons. The summed E-state index contributed by atoms with van der Waals surface area (Å²) in [7, 11) is 0. The van der Waals surface area contributed by atoms with E-state index in [0.29, 0.717) is 17.5 Å². The second-order valence-corrected chi connectivity index (χ2v) is 11.9. The van der Waals surface area contributed by atoms with Gasteiger partial charge in [-0.1, -0.05) is 26.3 Å². The van der Waals surface area contributed by atoms with E-state index >= 15 is 0 Å². The second-order valence-electron chi connectivity index (χ2n) is 11.9. The number of rotatable bonds is 3. The lowest BCUT2D eigenvalue weighted by molar-refractivity contribution is -0.138.